The molecule has 8 heteroatoms. The molecule has 0 spiro atoms. The van der Waals surface area contributed by atoms with Crippen molar-refractivity contribution in [2.24, 2.45) is 0 Å². The molecule has 3 aromatic rings. The van der Waals surface area contributed by atoms with Crippen molar-refractivity contribution in [3.8, 4) is 0 Å². The highest BCUT2D eigenvalue weighted by Crippen LogP contribution is 2.30. The van der Waals surface area contributed by atoms with E-state index in [1.807, 2.05) is 39.0 Å². The third-order valence-corrected chi connectivity index (χ3v) is 4.26. The molecule has 0 aliphatic carbocycles. The lowest BCUT2D eigenvalue weighted by molar-refractivity contribution is 1.14. The molecule has 3 rings (SSSR count). The SMILES string of the molecule is Cc1cccc(Nc2ncnc(Nc3nc(C)c(C)s3)c2N)n1. The molecule has 0 aromatic carbocycles. The van der Waals surface area contributed by atoms with Gasteiger partial charge in [-0.15, -0.1) is 11.3 Å². The van der Waals surface area contributed by atoms with Crippen LogP contribution in [-0.2, 0) is 0 Å². The molecule has 0 unspecified atom stereocenters. The molecule has 4 N–H and O–H groups in total. The number of hydrogen-bond acceptors (Lipinski definition) is 8. The zero-order valence-electron chi connectivity index (χ0n) is 13.1. The highest BCUT2D eigenvalue weighted by atomic mass is 32.1. The first-order chi connectivity index (χ1) is 11.0. The molecule has 0 saturated carbocycles. The molecule has 118 valence electrons. The van der Waals surface area contributed by atoms with Crippen LogP contribution in [0.5, 0.6) is 0 Å². The Kier molecular flexibility index (Phi) is 4.07. The Morgan fingerprint density at radius 2 is 1.74 bits per heavy atom. The van der Waals surface area contributed by atoms with Crippen molar-refractivity contribution in [2.45, 2.75) is 20.8 Å². The summed E-state index contributed by atoms with van der Waals surface area (Å²) in [4.78, 5) is 18.3. The van der Waals surface area contributed by atoms with Gasteiger partial charge < -0.3 is 16.4 Å². The summed E-state index contributed by atoms with van der Waals surface area (Å²) in [6.45, 7) is 5.92. The van der Waals surface area contributed by atoms with Crippen molar-refractivity contribution in [1.82, 2.24) is 19.9 Å². The number of thiazole rings is 1. The minimum atomic E-state index is 0.418. The standard InChI is InChI=1S/C15H17N7S/c1-8-5-4-6-11(19-8)21-13-12(16)14(18-7-17-13)22-15-20-9(2)10(3)23-15/h4-7H,16H2,1-3H3,(H2,17,18,19,20,21,22). The minimum Gasteiger partial charge on any atom is -0.393 e. The first-order valence-electron chi connectivity index (χ1n) is 7.05. The van der Waals surface area contributed by atoms with E-state index in [-0.39, 0.29) is 0 Å². The summed E-state index contributed by atoms with van der Waals surface area (Å²) < 4.78 is 0. The van der Waals surface area contributed by atoms with Gasteiger partial charge in [0.15, 0.2) is 16.8 Å². The third-order valence-electron chi connectivity index (χ3n) is 3.27. The molecule has 0 radical (unpaired) electrons. The third kappa shape index (κ3) is 3.37. The molecule has 0 atom stereocenters. The van der Waals surface area contributed by atoms with Crippen LogP contribution in [0.3, 0.4) is 0 Å². The van der Waals surface area contributed by atoms with Crippen molar-refractivity contribution in [1.29, 1.82) is 0 Å². The number of aromatic nitrogens is 4. The number of anilines is 5. The summed E-state index contributed by atoms with van der Waals surface area (Å²) in [6.07, 6.45) is 1.45. The average Bonchev–Trinajstić information content (AvgIpc) is 2.82. The van der Waals surface area contributed by atoms with E-state index >= 15 is 0 Å². The highest BCUT2D eigenvalue weighted by molar-refractivity contribution is 7.15. The number of rotatable bonds is 4. The van der Waals surface area contributed by atoms with Crippen LogP contribution < -0.4 is 16.4 Å². The lowest BCUT2D eigenvalue weighted by atomic mass is 10.3. The molecule has 7 nitrogen and oxygen atoms in total. The maximum atomic E-state index is 6.16. The van der Waals surface area contributed by atoms with Crippen LogP contribution in [0.1, 0.15) is 16.3 Å². The molecule has 0 saturated heterocycles. The van der Waals surface area contributed by atoms with Crippen LogP contribution >= 0.6 is 11.3 Å². The molecule has 23 heavy (non-hydrogen) atoms. The first kappa shape index (κ1) is 15.2. The van der Waals surface area contributed by atoms with Crippen LogP contribution in [0.25, 0.3) is 0 Å². The summed E-state index contributed by atoms with van der Waals surface area (Å²) in [5.74, 6) is 1.71. The molecule has 0 aliphatic heterocycles. The lowest BCUT2D eigenvalue weighted by Gasteiger charge is -2.11. The van der Waals surface area contributed by atoms with E-state index in [4.69, 9.17) is 5.73 Å². The maximum absolute atomic E-state index is 6.16. The van der Waals surface area contributed by atoms with Crippen molar-refractivity contribution < 1.29 is 0 Å². The number of nitrogens with zero attached hydrogens (tertiary/aromatic N) is 4. The topological polar surface area (TPSA) is 102 Å². The Hall–Kier alpha value is -2.74. The Bertz CT molecular complexity index is 824. The number of hydrogen-bond donors (Lipinski definition) is 3. The summed E-state index contributed by atoms with van der Waals surface area (Å²) in [5, 5.41) is 7.01. The van der Waals surface area contributed by atoms with E-state index in [0.29, 0.717) is 23.1 Å². The fourth-order valence-corrected chi connectivity index (χ4v) is 2.77. The van der Waals surface area contributed by atoms with E-state index in [9.17, 15) is 0 Å². The van der Waals surface area contributed by atoms with Gasteiger partial charge in [-0.3, -0.25) is 0 Å². The predicted octanol–water partition coefficient (Wildman–Crippen LogP) is 3.32. The van der Waals surface area contributed by atoms with Gasteiger partial charge in [0.05, 0.1) is 5.69 Å². The van der Waals surface area contributed by atoms with Crippen molar-refractivity contribution in [3.05, 3.63) is 40.8 Å². The average molecular weight is 327 g/mol. The fraction of sp³-hybridized carbons (Fsp3) is 0.200. The largest absolute Gasteiger partial charge is 0.393 e. The van der Waals surface area contributed by atoms with Gasteiger partial charge in [0.25, 0.3) is 0 Å². The van der Waals surface area contributed by atoms with E-state index in [1.165, 1.54) is 6.33 Å². The van der Waals surface area contributed by atoms with Gasteiger partial charge in [-0.05, 0) is 32.9 Å². The van der Waals surface area contributed by atoms with Gasteiger partial charge in [-0.25, -0.2) is 19.9 Å². The van der Waals surface area contributed by atoms with Crippen molar-refractivity contribution >= 4 is 39.6 Å². The Morgan fingerprint density at radius 3 is 2.39 bits per heavy atom. The van der Waals surface area contributed by atoms with Crippen LogP contribution in [-0.4, -0.2) is 19.9 Å². The molecular formula is C15H17N7S. The Labute approximate surface area is 138 Å². The Balaban J connectivity index is 1.86. The molecule has 0 bridgehead atoms. The molecular weight excluding hydrogens is 310 g/mol. The van der Waals surface area contributed by atoms with Crippen LogP contribution in [0, 0.1) is 20.8 Å². The van der Waals surface area contributed by atoms with Gasteiger partial charge in [-0.2, -0.15) is 0 Å². The van der Waals surface area contributed by atoms with Crippen LogP contribution in [0.4, 0.5) is 28.3 Å². The maximum Gasteiger partial charge on any atom is 0.188 e. The second kappa shape index (κ2) is 6.17. The van der Waals surface area contributed by atoms with Crippen LogP contribution in [0.2, 0.25) is 0 Å². The number of aryl methyl sites for hydroxylation is 3. The van der Waals surface area contributed by atoms with E-state index in [1.54, 1.807) is 11.3 Å². The fourth-order valence-electron chi connectivity index (χ4n) is 1.96. The monoisotopic (exact) mass is 327 g/mol. The van der Waals surface area contributed by atoms with Crippen molar-refractivity contribution in [2.75, 3.05) is 16.4 Å². The number of nitrogen functional groups attached to an aromatic ring is 1. The van der Waals surface area contributed by atoms with Gasteiger partial charge in [0, 0.05) is 10.6 Å². The number of nitrogens with one attached hydrogen (secondary N) is 2. The second-order valence-electron chi connectivity index (χ2n) is 5.06. The summed E-state index contributed by atoms with van der Waals surface area (Å²) >= 11 is 1.56. The quantitative estimate of drug-likeness (QED) is 0.675. The summed E-state index contributed by atoms with van der Waals surface area (Å²) in [7, 11) is 0. The molecule has 0 fully saturated rings. The second-order valence-corrected chi connectivity index (χ2v) is 6.26. The summed E-state index contributed by atoms with van der Waals surface area (Å²) in [5.41, 5.74) is 8.48. The van der Waals surface area contributed by atoms with Gasteiger partial charge in [-0.1, -0.05) is 6.07 Å². The van der Waals surface area contributed by atoms with E-state index < -0.39 is 0 Å². The number of nitrogens with two attached hydrogens (primary N) is 1. The van der Waals surface area contributed by atoms with E-state index in [0.717, 1.165) is 21.4 Å². The van der Waals surface area contributed by atoms with Gasteiger partial charge >= 0.3 is 0 Å². The molecule has 0 aliphatic rings. The first-order valence-corrected chi connectivity index (χ1v) is 7.87. The molecule has 3 heterocycles. The lowest BCUT2D eigenvalue weighted by Crippen LogP contribution is -2.06. The van der Waals surface area contributed by atoms with Gasteiger partial charge in [0.1, 0.15) is 17.8 Å². The number of pyridine rings is 1. The Morgan fingerprint density at radius 1 is 1.00 bits per heavy atom. The molecule has 3 aromatic heterocycles. The smallest absolute Gasteiger partial charge is 0.188 e. The van der Waals surface area contributed by atoms with Gasteiger partial charge in [0.2, 0.25) is 0 Å². The zero-order valence-corrected chi connectivity index (χ0v) is 13.9. The highest BCUT2D eigenvalue weighted by Gasteiger charge is 2.11. The van der Waals surface area contributed by atoms with E-state index in [2.05, 4.69) is 30.6 Å². The molecule has 0 amide bonds. The normalized spacial score (nSPS) is 10.6. The van der Waals surface area contributed by atoms with Crippen molar-refractivity contribution in [3.63, 3.8) is 0 Å². The summed E-state index contributed by atoms with van der Waals surface area (Å²) in [6, 6.07) is 5.70. The predicted molar refractivity (Wildman–Crippen MR) is 93.6 cm³/mol. The van der Waals surface area contributed by atoms with Crippen LogP contribution in [0.15, 0.2) is 24.5 Å². The zero-order chi connectivity index (χ0) is 16.4. The minimum absolute atomic E-state index is 0.418.